The molecule has 1 rings (SSSR count). The lowest BCUT2D eigenvalue weighted by atomic mass is 10.2. The van der Waals surface area contributed by atoms with Crippen molar-refractivity contribution in [3.05, 3.63) is 12.4 Å². The van der Waals surface area contributed by atoms with Gasteiger partial charge >= 0.3 is 0 Å². The first-order valence-electron chi connectivity index (χ1n) is 6.35. The highest BCUT2D eigenvalue weighted by Crippen LogP contribution is 1.97. The lowest BCUT2D eigenvalue weighted by molar-refractivity contribution is -0.123. The van der Waals surface area contributed by atoms with Crippen LogP contribution in [0.5, 0.6) is 0 Å². The van der Waals surface area contributed by atoms with Gasteiger partial charge in [-0.05, 0) is 13.3 Å². The maximum atomic E-state index is 11.5. The molecular weight excluding hydrogens is 246 g/mol. The Kier molecular flexibility index (Phi) is 5.84. The molecule has 0 fully saturated rings. The van der Waals surface area contributed by atoms with Gasteiger partial charge < -0.3 is 16.4 Å². The normalized spacial score (nSPS) is 11.9. The minimum absolute atomic E-state index is 0.0574. The van der Waals surface area contributed by atoms with E-state index in [0.717, 1.165) is 6.42 Å². The van der Waals surface area contributed by atoms with E-state index in [4.69, 9.17) is 5.73 Å². The fraction of sp³-hybridized carbons (Fsp3) is 0.583. The molecule has 7 nitrogen and oxygen atoms in total. The Hall–Kier alpha value is -2.05. The molecule has 0 saturated carbocycles. The van der Waals surface area contributed by atoms with Crippen LogP contribution in [0.15, 0.2) is 12.4 Å². The van der Waals surface area contributed by atoms with Crippen molar-refractivity contribution in [1.82, 2.24) is 20.4 Å². The first-order valence-corrected chi connectivity index (χ1v) is 6.35. The Bertz CT molecular complexity index is 430. The van der Waals surface area contributed by atoms with Gasteiger partial charge in [0.15, 0.2) is 0 Å². The molecule has 1 aromatic rings. The van der Waals surface area contributed by atoms with E-state index >= 15 is 0 Å². The second kappa shape index (κ2) is 7.40. The van der Waals surface area contributed by atoms with Gasteiger partial charge in [-0.3, -0.25) is 14.3 Å². The van der Waals surface area contributed by atoms with Gasteiger partial charge in [-0.1, -0.05) is 6.92 Å². The van der Waals surface area contributed by atoms with Gasteiger partial charge in [0.1, 0.15) is 6.54 Å². The number of hydrogen-bond acceptors (Lipinski definition) is 4. The minimum Gasteiger partial charge on any atom is -0.396 e. The van der Waals surface area contributed by atoms with E-state index in [0.29, 0.717) is 12.2 Å². The smallest absolute Gasteiger partial charge is 0.241 e. The number of anilines is 1. The molecule has 7 heteroatoms. The molecule has 1 heterocycles. The number of carbonyl (C=O) groups is 2. The number of nitrogens with one attached hydrogen (secondary N) is 2. The topological polar surface area (TPSA) is 102 Å². The van der Waals surface area contributed by atoms with Crippen molar-refractivity contribution in [3.63, 3.8) is 0 Å². The number of nitrogens with zero attached hydrogens (tertiary/aromatic N) is 2. The molecule has 106 valence electrons. The van der Waals surface area contributed by atoms with Crippen molar-refractivity contribution in [2.75, 3.05) is 12.3 Å². The molecule has 0 bridgehead atoms. The molecule has 0 saturated heterocycles. The van der Waals surface area contributed by atoms with Crippen LogP contribution in [-0.2, 0) is 16.1 Å². The number of nitrogens with two attached hydrogens (primary N) is 1. The summed E-state index contributed by atoms with van der Waals surface area (Å²) in [6.07, 6.45) is 4.22. The monoisotopic (exact) mass is 267 g/mol. The Morgan fingerprint density at radius 1 is 1.47 bits per heavy atom. The van der Waals surface area contributed by atoms with E-state index in [1.807, 2.05) is 13.8 Å². The molecule has 1 aromatic heterocycles. The second-order valence-electron chi connectivity index (χ2n) is 4.45. The molecule has 19 heavy (non-hydrogen) atoms. The number of amides is 2. The third-order valence-corrected chi connectivity index (χ3v) is 2.65. The van der Waals surface area contributed by atoms with Crippen molar-refractivity contribution in [2.24, 2.45) is 0 Å². The molecule has 0 aromatic carbocycles. The maximum absolute atomic E-state index is 11.5. The van der Waals surface area contributed by atoms with Crippen LogP contribution in [-0.4, -0.2) is 34.2 Å². The summed E-state index contributed by atoms with van der Waals surface area (Å²) >= 11 is 0. The van der Waals surface area contributed by atoms with Crippen molar-refractivity contribution in [1.29, 1.82) is 0 Å². The molecule has 0 aliphatic carbocycles. The number of hydrogen-bond donors (Lipinski definition) is 3. The van der Waals surface area contributed by atoms with Crippen molar-refractivity contribution < 1.29 is 9.59 Å². The van der Waals surface area contributed by atoms with Gasteiger partial charge in [0.2, 0.25) is 11.8 Å². The Morgan fingerprint density at radius 2 is 2.21 bits per heavy atom. The zero-order valence-corrected chi connectivity index (χ0v) is 11.3. The lowest BCUT2D eigenvalue weighted by Crippen LogP contribution is -2.36. The van der Waals surface area contributed by atoms with Gasteiger partial charge in [0.25, 0.3) is 0 Å². The largest absolute Gasteiger partial charge is 0.396 e. The third kappa shape index (κ3) is 5.89. The first kappa shape index (κ1) is 15.0. The van der Waals surface area contributed by atoms with Crippen LogP contribution in [0.4, 0.5) is 5.69 Å². The van der Waals surface area contributed by atoms with E-state index in [2.05, 4.69) is 15.7 Å². The maximum Gasteiger partial charge on any atom is 0.241 e. The molecule has 0 radical (unpaired) electrons. The van der Waals surface area contributed by atoms with Crippen molar-refractivity contribution >= 4 is 17.5 Å². The average molecular weight is 267 g/mol. The van der Waals surface area contributed by atoms with Crippen LogP contribution in [0.3, 0.4) is 0 Å². The Balaban J connectivity index is 2.18. The van der Waals surface area contributed by atoms with Gasteiger partial charge in [0.05, 0.1) is 11.9 Å². The number of aromatic nitrogens is 2. The quantitative estimate of drug-likeness (QED) is 0.641. The summed E-state index contributed by atoms with van der Waals surface area (Å²) in [7, 11) is 0. The molecular formula is C12H21N5O2. The molecule has 2 amide bonds. The fourth-order valence-electron chi connectivity index (χ4n) is 1.43. The van der Waals surface area contributed by atoms with Crippen LogP contribution >= 0.6 is 0 Å². The molecule has 0 aliphatic heterocycles. The van der Waals surface area contributed by atoms with E-state index in [1.54, 1.807) is 6.20 Å². The van der Waals surface area contributed by atoms with E-state index < -0.39 is 0 Å². The van der Waals surface area contributed by atoms with Gasteiger partial charge in [-0.2, -0.15) is 5.10 Å². The highest BCUT2D eigenvalue weighted by atomic mass is 16.2. The number of rotatable bonds is 7. The predicted molar refractivity (Wildman–Crippen MR) is 72.2 cm³/mol. The summed E-state index contributed by atoms with van der Waals surface area (Å²) in [6.45, 7) is 4.36. The molecule has 4 N–H and O–H groups in total. The summed E-state index contributed by atoms with van der Waals surface area (Å²) in [4.78, 5) is 23.0. The molecule has 1 unspecified atom stereocenters. The zero-order valence-electron chi connectivity index (χ0n) is 11.3. The van der Waals surface area contributed by atoms with Crippen molar-refractivity contribution in [2.45, 2.75) is 39.3 Å². The van der Waals surface area contributed by atoms with Crippen LogP contribution in [0.2, 0.25) is 0 Å². The highest BCUT2D eigenvalue weighted by molar-refractivity contribution is 5.79. The van der Waals surface area contributed by atoms with E-state index in [-0.39, 0.29) is 30.8 Å². The Labute approximate surface area is 112 Å². The molecule has 0 spiro atoms. The summed E-state index contributed by atoms with van der Waals surface area (Å²) in [5.74, 6) is -0.252. The summed E-state index contributed by atoms with van der Waals surface area (Å²) in [5.41, 5.74) is 6.00. The van der Waals surface area contributed by atoms with E-state index in [1.165, 1.54) is 10.9 Å². The van der Waals surface area contributed by atoms with E-state index in [9.17, 15) is 9.59 Å². The number of carbonyl (C=O) groups excluding carboxylic acids is 2. The number of nitrogen functional groups attached to an aromatic ring is 1. The van der Waals surface area contributed by atoms with Crippen LogP contribution in [0, 0.1) is 0 Å². The third-order valence-electron chi connectivity index (χ3n) is 2.65. The average Bonchev–Trinajstić information content (AvgIpc) is 2.74. The van der Waals surface area contributed by atoms with Crippen LogP contribution in [0.1, 0.15) is 26.7 Å². The second-order valence-corrected chi connectivity index (χ2v) is 4.45. The summed E-state index contributed by atoms with van der Waals surface area (Å²) in [5, 5.41) is 9.39. The summed E-state index contributed by atoms with van der Waals surface area (Å²) in [6, 6.07) is 0.162. The highest BCUT2D eigenvalue weighted by Gasteiger charge is 2.07. The molecule has 0 aliphatic rings. The predicted octanol–water partition coefficient (Wildman–Crippen LogP) is -0.114. The SMILES string of the molecule is CCC(C)NC(=O)CCNC(=O)Cn1cc(N)cn1. The zero-order chi connectivity index (χ0) is 14.3. The van der Waals surface area contributed by atoms with Crippen LogP contribution in [0.25, 0.3) is 0 Å². The van der Waals surface area contributed by atoms with Crippen molar-refractivity contribution in [3.8, 4) is 0 Å². The van der Waals surface area contributed by atoms with Gasteiger partial charge in [0, 0.05) is 25.2 Å². The fourth-order valence-corrected chi connectivity index (χ4v) is 1.43. The van der Waals surface area contributed by atoms with Gasteiger partial charge in [-0.15, -0.1) is 0 Å². The van der Waals surface area contributed by atoms with Crippen LogP contribution < -0.4 is 16.4 Å². The van der Waals surface area contributed by atoms with Gasteiger partial charge in [-0.25, -0.2) is 0 Å². The molecule has 1 atom stereocenters. The Morgan fingerprint density at radius 3 is 2.79 bits per heavy atom. The standard InChI is InChI=1S/C12H21N5O2/c1-3-9(2)16-11(18)4-5-14-12(19)8-17-7-10(13)6-15-17/h6-7,9H,3-5,8,13H2,1-2H3,(H,14,19)(H,16,18). The minimum atomic E-state index is -0.195. The lowest BCUT2D eigenvalue weighted by Gasteiger charge is -2.11. The first-order chi connectivity index (χ1) is 9.01. The summed E-state index contributed by atoms with van der Waals surface area (Å²) < 4.78 is 1.45.